The highest BCUT2D eigenvalue weighted by Gasteiger charge is 2.70. The number of aromatic nitrogens is 4. The Morgan fingerprint density at radius 2 is 2.05 bits per heavy atom. The van der Waals surface area contributed by atoms with Crippen LogP contribution in [-0.2, 0) is 14.1 Å². The molecular formula is C12H14ClF2N5O. The summed E-state index contributed by atoms with van der Waals surface area (Å²) in [5.74, 6) is -2.68. The van der Waals surface area contributed by atoms with Gasteiger partial charge in [0.1, 0.15) is 10.4 Å². The minimum atomic E-state index is -2.88. The molecular weight excluding hydrogens is 304 g/mol. The van der Waals surface area contributed by atoms with Gasteiger partial charge in [-0.15, -0.1) is 11.6 Å². The van der Waals surface area contributed by atoms with E-state index in [1.54, 1.807) is 14.0 Å². The van der Waals surface area contributed by atoms with Gasteiger partial charge in [0.25, 0.3) is 11.5 Å². The van der Waals surface area contributed by atoms with Crippen molar-refractivity contribution in [2.24, 2.45) is 14.1 Å². The number of aryl methyl sites for hydroxylation is 2. The first-order chi connectivity index (χ1) is 9.66. The van der Waals surface area contributed by atoms with Crippen molar-refractivity contribution >= 4 is 28.6 Å². The first kappa shape index (κ1) is 14.2. The lowest BCUT2D eigenvalue weighted by molar-refractivity contribution is 0.107. The first-order valence-corrected chi connectivity index (χ1v) is 6.75. The van der Waals surface area contributed by atoms with Gasteiger partial charge in [0.15, 0.2) is 5.52 Å². The van der Waals surface area contributed by atoms with Crippen LogP contribution >= 0.6 is 11.6 Å². The first-order valence-electron chi connectivity index (χ1n) is 6.37. The van der Waals surface area contributed by atoms with Crippen molar-refractivity contribution in [2.75, 3.05) is 11.9 Å². The summed E-state index contributed by atoms with van der Waals surface area (Å²) in [5, 5.41) is 6.89. The number of fused-ring (bicyclic) bond motifs is 1. The summed E-state index contributed by atoms with van der Waals surface area (Å²) < 4.78 is 28.9. The monoisotopic (exact) mass is 317 g/mol. The van der Waals surface area contributed by atoms with Gasteiger partial charge in [0.05, 0.1) is 5.69 Å². The largest absolute Gasteiger partial charge is 0.354 e. The Morgan fingerprint density at radius 1 is 1.43 bits per heavy atom. The Kier molecular flexibility index (Phi) is 2.82. The predicted octanol–water partition coefficient (Wildman–Crippen LogP) is 1.40. The van der Waals surface area contributed by atoms with Crippen molar-refractivity contribution in [1.29, 1.82) is 0 Å². The maximum atomic E-state index is 13.1. The minimum absolute atomic E-state index is 0.160. The molecule has 9 heteroatoms. The van der Waals surface area contributed by atoms with Crippen LogP contribution < -0.4 is 10.9 Å². The lowest BCUT2D eigenvalue weighted by atomic mass is 10.3. The van der Waals surface area contributed by atoms with Gasteiger partial charge in [-0.1, -0.05) is 0 Å². The number of rotatable bonds is 3. The topological polar surface area (TPSA) is 64.7 Å². The minimum Gasteiger partial charge on any atom is -0.354 e. The lowest BCUT2D eigenvalue weighted by Gasteiger charge is -2.13. The quantitative estimate of drug-likeness (QED) is 0.869. The summed E-state index contributed by atoms with van der Waals surface area (Å²) in [6.45, 7) is 1.57. The fraction of sp³-hybridized carbons (Fsp3) is 0.583. The number of nitrogens with zero attached hydrogens (tertiary/aromatic N) is 4. The zero-order chi connectivity index (χ0) is 15.6. The molecule has 0 spiro atoms. The molecule has 114 valence electrons. The maximum Gasteiger partial charge on any atom is 0.280 e. The molecule has 0 aliphatic heterocycles. The van der Waals surface area contributed by atoms with E-state index in [0.717, 1.165) is 0 Å². The number of hydrogen-bond acceptors (Lipinski definition) is 4. The van der Waals surface area contributed by atoms with Gasteiger partial charge < -0.3 is 5.32 Å². The van der Waals surface area contributed by atoms with E-state index < -0.39 is 10.8 Å². The number of halogens is 3. The van der Waals surface area contributed by atoms with E-state index in [1.165, 1.54) is 16.3 Å². The standard InChI is InChI=1S/C12H14ClF2N5O/c1-6-7-8(20(3)18-6)9(21)19(2)10(17-7)16-5-11(13)4-12(11,14)15/h4-5H2,1-3H3,(H,16,17). The van der Waals surface area contributed by atoms with Gasteiger partial charge in [-0.05, 0) is 6.92 Å². The highest BCUT2D eigenvalue weighted by atomic mass is 35.5. The van der Waals surface area contributed by atoms with E-state index >= 15 is 0 Å². The van der Waals surface area contributed by atoms with E-state index in [4.69, 9.17) is 11.6 Å². The SMILES string of the molecule is Cc1nn(C)c2c(=O)n(C)c(NCC3(Cl)CC3(F)F)nc12. The third-order valence-electron chi connectivity index (χ3n) is 3.79. The van der Waals surface area contributed by atoms with Gasteiger partial charge in [-0.3, -0.25) is 14.0 Å². The number of anilines is 1. The number of alkyl halides is 3. The Balaban J connectivity index is 1.98. The summed E-state index contributed by atoms with van der Waals surface area (Å²) in [6, 6.07) is 0. The molecule has 2 heterocycles. The van der Waals surface area contributed by atoms with Crippen LogP contribution in [0.3, 0.4) is 0 Å². The molecule has 1 aliphatic rings. The van der Waals surface area contributed by atoms with E-state index in [9.17, 15) is 13.6 Å². The molecule has 1 saturated carbocycles. The summed E-state index contributed by atoms with van der Waals surface area (Å²) in [5.41, 5.74) is 1.13. The van der Waals surface area contributed by atoms with Crippen LogP contribution in [-0.4, -0.2) is 36.7 Å². The summed E-state index contributed by atoms with van der Waals surface area (Å²) >= 11 is 5.79. The van der Waals surface area contributed by atoms with Gasteiger partial charge >= 0.3 is 0 Å². The van der Waals surface area contributed by atoms with Crippen molar-refractivity contribution < 1.29 is 8.78 Å². The van der Waals surface area contributed by atoms with Crippen molar-refractivity contribution in [2.45, 2.75) is 24.1 Å². The molecule has 0 amide bonds. The number of nitrogens with one attached hydrogen (secondary N) is 1. The summed E-state index contributed by atoms with van der Waals surface area (Å²) in [6.07, 6.45) is -0.378. The van der Waals surface area contributed by atoms with E-state index in [2.05, 4.69) is 15.4 Å². The Labute approximate surface area is 123 Å². The molecule has 6 nitrogen and oxygen atoms in total. The summed E-state index contributed by atoms with van der Waals surface area (Å²) in [4.78, 5) is 15.0. The smallest absolute Gasteiger partial charge is 0.280 e. The van der Waals surface area contributed by atoms with E-state index in [-0.39, 0.29) is 24.5 Å². The molecule has 1 unspecified atom stereocenters. The second-order valence-corrected chi connectivity index (χ2v) is 6.13. The molecule has 3 rings (SSSR count). The average Bonchev–Trinajstić information content (AvgIpc) is 2.74. The molecule has 1 N–H and O–H groups in total. The van der Waals surface area contributed by atoms with Crippen LogP contribution in [0, 0.1) is 6.92 Å². The predicted molar refractivity (Wildman–Crippen MR) is 75.1 cm³/mol. The zero-order valence-electron chi connectivity index (χ0n) is 11.7. The fourth-order valence-electron chi connectivity index (χ4n) is 2.33. The van der Waals surface area contributed by atoms with Crippen molar-refractivity contribution in [3.63, 3.8) is 0 Å². The van der Waals surface area contributed by atoms with Crippen LogP contribution in [0.15, 0.2) is 4.79 Å². The Bertz CT molecular complexity index is 799. The van der Waals surface area contributed by atoms with Crippen LogP contribution in [0.25, 0.3) is 11.0 Å². The highest BCUT2D eigenvalue weighted by molar-refractivity contribution is 6.27. The molecule has 21 heavy (non-hydrogen) atoms. The van der Waals surface area contributed by atoms with Crippen LogP contribution in [0.2, 0.25) is 0 Å². The van der Waals surface area contributed by atoms with Gasteiger partial charge in [-0.2, -0.15) is 5.10 Å². The molecule has 0 radical (unpaired) electrons. The molecule has 2 aromatic heterocycles. The second-order valence-electron chi connectivity index (χ2n) is 5.41. The molecule has 1 atom stereocenters. The third kappa shape index (κ3) is 2.00. The normalized spacial score (nSPS) is 23.5. The van der Waals surface area contributed by atoms with Gasteiger partial charge in [-0.25, -0.2) is 13.8 Å². The molecule has 0 bridgehead atoms. The van der Waals surface area contributed by atoms with Crippen LogP contribution in [0.4, 0.5) is 14.7 Å². The molecule has 0 aromatic carbocycles. The van der Waals surface area contributed by atoms with Gasteiger partial charge in [0.2, 0.25) is 5.95 Å². The number of hydrogen-bond donors (Lipinski definition) is 1. The van der Waals surface area contributed by atoms with Crippen molar-refractivity contribution in [3.05, 3.63) is 16.0 Å². The second kappa shape index (κ2) is 4.16. The van der Waals surface area contributed by atoms with Crippen molar-refractivity contribution in [1.82, 2.24) is 19.3 Å². The van der Waals surface area contributed by atoms with Gasteiger partial charge in [0, 0.05) is 27.1 Å². The van der Waals surface area contributed by atoms with Crippen molar-refractivity contribution in [3.8, 4) is 0 Å². The Hall–Kier alpha value is -1.70. The fourth-order valence-corrected chi connectivity index (χ4v) is 2.57. The van der Waals surface area contributed by atoms with E-state index in [1.807, 2.05) is 0 Å². The zero-order valence-corrected chi connectivity index (χ0v) is 12.5. The maximum absolute atomic E-state index is 13.1. The highest BCUT2D eigenvalue weighted by Crippen LogP contribution is 2.57. The summed E-state index contributed by atoms with van der Waals surface area (Å²) in [7, 11) is 3.18. The molecule has 1 fully saturated rings. The molecule has 0 saturated heterocycles. The molecule has 2 aromatic rings. The Morgan fingerprint density at radius 3 is 2.62 bits per heavy atom. The van der Waals surface area contributed by atoms with Crippen LogP contribution in [0.5, 0.6) is 0 Å². The lowest BCUT2D eigenvalue weighted by Crippen LogP contribution is -2.28. The molecule has 1 aliphatic carbocycles. The van der Waals surface area contributed by atoms with E-state index in [0.29, 0.717) is 16.7 Å². The van der Waals surface area contributed by atoms with Crippen LogP contribution in [0.1, 0.15) is 12.1 Å². The average molecular weight is 318 g/mol. The third-order valence-corrected chi connectivity index (χ3v) is 4.34.